The van der Waals surface area contributed by atoms with Gasteiger partial charge in [0.05, 0.1) is 0 Å². The maximum absolute atomic E-state index is 5.81. The largest absolute Gasteiger partial charge is 0.457 e. The Kier molecular flexibility index (Phi) is 4.85. The number of anilines is 1. The Balaban J connectivity index is 1.99. The van der Waals surface area contributed by atoms with Crippen molar-refractivity contribution in [3.8, 4) is 11.5 Å². The van der Waals surface area contributed by atoms with Gasteiger partial charge in [-0.1, -0.05) is 44.5 Å². The predicted molar refractivity (Wildman–Crippen MR) is 80.9 cm³/mol. The highest BCUT2D eigenvalue weighted by Crippen LogP contribution is 2.23. The van der Waals surface area contributed by atoms with Crippen molar-refractivity contribution >= 4 is 5.69 Å². The van der Waals surface area contributed by atoms with Crippen LogP contribution in [0.5, 0.6) is 11.5 Å². The van der Waals surface area contributed by atoms with E-state index in [9.17, 15) is 0 Å². The predicted octanol–water partition coefficient (Wildman–Crippen LogP) is 4.94. The number of benzene rings is 2. The Morgan fingerprint density at radius 3 is 2.47 bits per heavy atom. The third kappa shape index (κ3) is 4.32. The maximum Gasteiger partial charge on any atom is 0.129 e. The highest BCUT2D eigenvalue weighted by atomic mass is 16.5. The van der Waals surface area contributed by atoms with Crippen LogP contribution in [0, 0.1) is 5.92 Å². The molecule has 2 aromatic carbocycles. The highest BCUT2D eigenvalue weighted by Gasteiger charge is 2.01. The first kappa shape index (κ1) is 13.5. The highest BCUT2D eigenvalue weighted by molar-refractivity contribution is 5.49. The zero-order valence-corrected chi connectivity index (χ0v) is 11.6. The third-order valence-electron chi connectivity index (χ3n) is 3.16. The van der Waals surface area contributed by atoms with Crippen molar-refractivity contribution in [2.75, 3.05) is 11.9 Å². The number of nitrogens with one attached hydrogen (secondary N) is 1. The molecule has 0 amide bonds. The van der Waals surface area contributed by atoms with E-state index in [1.54, 1.807) is 0 Å². The zero-order chi connectivity index (χ0) is 13.5. The van der Waals surface area contributed by atoms with Crippen LogP contribution in [-0.2, 0) is 0 Å². The smallest absolute Gasteiger partial charge is 0.129 e. The van der Waals surface area contributed by atoms with Crippen LogP contribution in [0.25, 0.3) is 0 Å². The molecule has 19 heavy (non-hydrogen) atoms. The van der Waals surface area contributed by atoms with Crippen LogP contribution < -0.4 is 10.1 Å². The van der Waals surface area contributed by atoms with Crippen LogP contribution in [-0.4, -0.2) is 6.54 Å². The van der Waals surface area contributed by atoms with Crippen molar-refractivity contribution < 1.29 is 4.74 Å². The fraction of sp³-hybridized carbons (Fsp3) is 0.294. The SMILES string of the molecule is CCC(C)CNc1cccc(Oc2ccccc2)c1. The van der Waals surface area contributed by atoms with E-state index in [2.05, 4.69) is 25.2 Å². The number of rotatable bonds is 6. The summed E-state index contributed by atoms with van der Waals surface area (Å²) in [5, 5.41) is 3.44. The molecule has 0 aliphatic rings. The molecule has 2 nitrogen and oxygen atoms in total. The molecule has 2 rings (SSSR count). The van der Waals surface area contributed by atoms with Gasteiger partial charge in [-0.15, -0.1) is 0 Å². The van der Waals surface area contributed by atoms with Crippen LogP contribution in [0.2, 0.25) is 0 Å². The van der Waals surface area contributed by atoms with Crippen molar-refractivity contribution in [3.05, 3.63) is 54.6 Å². The summed E-state index contributed by atoms with van der Waals surface area (Å²) < 4.78 is 5.81. The Hall–Kier alpha value is -1.96. The normalized spacial score (nSPS) is 11.9. The molecule has 2 aromatic rings. The molecule has 0 radical (unpaired) electrons. The van der Waals surface area contributed by atoms with Crippen LogP contribution in [0.4, 0.5) is 5.69 Å². The Bertz CT molecular complexity index is 496. The van der Waals surface area contributed by atoms with E-state index in [-0.39, 0.29) is 0 Å². The number of ether oxygens (including phenoxy) is 1. The molecule has 0 fully saturated rings. The maximum atomic E-state index is 5.81. The van der Waals surface area contributed by atoms with Gasteiger partial charge in [-0.2, -0.15) is 0 Å². The fourth-order valence-corrected chi connectivity index (χ4v) is 1.73. The topological polar surface area (TPSA) is 21.3 Å². The molecule has 0 heterocycles. The summed E-state index contributed by atoms with van der Waals surface area (Å²) >= 11 is 0. The summed E-state index contributed by atoms with van der Waals surface area (Å²) in [6.45, 7) is 5.45. The monoisotopic (exact) mass is 255 g/mol. The first-order valence-electron chi connectivity index (χ1n) is 6.84. The summed E-state index contributed by atoms with van der Waals surface area (Å²) in [6, 6.07) is 17.9. The van der Waals surface area contributed by atoms with Crippen molar-refractivity contribution in [2.24, 2.45) is 5.92 Å². The molecule has 0 saturated carbocycles. The van der Waals surface area contributed by atoms with Gasteiger partial charge in [-0.3, -0.25) is 0 Å². The zero-order valence-electron chi connectivity index (χ0n) is 11.6. The van der Waals surface area contributed by atoms with E-state index >= 15 is 0 Å². The summed E-state index contributed by atoms with van der Waals surface area (Å²) in [7, 11) is 0. The molecule has 100 valence electrons. The lowest BCUT2D eigenvalue weighted by Gasteiger charge is -2.12. The van der Waals surface area contributed by atoms with Gasteiger partial charge in [0.15, 0.2) is 0 Å². The number of para-hydroxylation sites is 1. The van der Waals surface area contributed by atoms with E-state index in [1.807, 2.05) is 48.5 Å². The van der Waals surface area contributed by atoms with E-state index in [0.717, 1.165) is 23.7 Å². The molecular formula is C17H21NO. The van der Waals surface area contributed by atoms with Crippen LogP contribution >= 0.6 is 0 Å². The minimum Gasteiger partial charge on any atom is -0.457 e. The third-order valence-corrected chi connectivity index (χ3v) is 3.16. The summed E-state index contributed by atoms with van der Waals surface area (Å²) in [4.78, 5) is 0. The molecule has 1 atom stereocenters. The lowest BCUT2D eigenvalue weighted by molar-refractivity contribution is 0.483. The van der Waals surface area contributed by atoms with Crippen molar-refractivity contribution in [1.29, 1.82) is 0 Å². The van der Waals surface area contributed by atoms with E-state index in [1.165, 1.54) is 6.42 Å². The molecule has 0 spiro atoms. The molecule has 2 heteroatoms. The lowest BCUT2D eigenvalue weighted by atomic mass is 10.1. The fourth-order valence-electron chi connectivity index (χ4n) is 1.73. The van der Waals surface area contributed by atoms with Gasteiger partial charge in [0.25, 0.3) is 0 Å². The summed E-state index contributed by atoms with van der Waals surface area (Å²) in [6.07, 6.45) is 1.19. The van der Waals surface area contributed by atoms with Crippen LogP contribution in [0.3, 0.4) is 0 Å². The van der Waals surface area contributed by atoms with E-state index in [4.69, 9.17) is 4.74 Å². The van der Waals surface area contributed by atoms with Crippen LogP contribution in [0.1, 0.15) is 20.3 Å². The Morgan fingerprint density at radius 2 is 1.74 bits per heavy atom. The second kappa shape index (κ2) is 6.83. The molecule has 0 bridgehead atoms. The molecular weight excluding hydrogens is 234 g/mol. The molecule has 0 aliphatic heterocycles. The van der Waals surface area contributed by atoms with Crippen molar-refractivity contribution in [3.63, 3.8) is 0 Å². The molecule has 1 N–H and O–H groups in total. The van der Waals surface area contributed by atoms with E-state index in [0.29, 0.717) is 5.92 Å². The van der Waals surface area contributed by atoms with Gasteiger partial charge < -0.3 is 10.1 Å². The standard InChI is InChI=1S/C17H21NO/c1-3-14(2)13-18-15-8-7-11-17(12-15)19-16-9-5-4-6-10-16/h4-12,14,18H,3,13H2,1-2H3. The van der Waals surface area contributed by atoms with Crippen molar-refractivity contribution in [1.82, 2.24) is 0 Å². The minimum atomic E-state index is 0.679. The quantitative estimate of drug-likeness (QED) is 0.789. The summed E-state index contributed by atoms with van der Waals surface area (Å²) in [5.74, 6) is 2.40. The first-order chi connectivity index (χ1) is 9.28. The van der Waals surface area contributed by atoms with Gasteiger partial charge in [0, 0.05) is 18.3 Å². The van der Waals surface area contributed by atoms with Gasteiger partial charge in [0.1, 0.15) is 11.5 Å². The molecule has 1 unspecified atom stereocenters. The van der Waals surface area contributed by atoms with Gasteiger partial charge >= 0.3 is 0 Å². The average molecular weight is 255 g/mol. The Labute approximate surface area is 115 Å². The first-order valence-corrected chi connectivity index (χ1v) is 6.84. The minimum absolute atomic E-state index is 0.679. The van der Waals surface area contributed by atoms with E-state index < -0.39 is 0 Å². The van der Waals surface area contributed by atoms with Crippen LogP contribution in [0.15, 0.2) is 54.6 Å². The molecule has 0 aromatic heterocycles. The second-order valence-electron chi connectivity index (χ2n) is 4.84. The van der Waals surface area contributed by atoms with Gasteiger partial charge in [-0.25, -0.2) is 0 Å². The summed E-state index contributed by atoms with van der Waals surface area (Å²) in [5.41, 5.74) is 1.11. The lowest BCUT2D eigenvalue weighted by Crippen LogP contribution is -2.10. The Morgan fingerprint density at radius 1 is 1.00 bits per heavy atom. The van der Waals surface area contributed by atoms with Gasteiger partial charge in [-0.05, 0) is 30.2 Å². The van der Waals surface area contributed by atoms with Crippen molar-refractivity contribution in [2.45, 2.75) is 20.3 Å². The average Bonchev–Trinajstić information content (AvgIpc) is 2.46. The van der Waals surface area contributed by atoms with Gasteiger partial charge in [0.2, 0.25) is 0 Å². The number of hydrogen-bond acceptors (Lipinski definition) is 2. The molecule has 0 saturated heterocycles. The number of hydrogen-bond donors (Lipinski definition) is 1. The second-order valence-corrected chi connectivity index (χ2v) is 4.84. The molecule has 0 aliphatic carbocycles.